The van der Waals surface area contributed by atoms with Crippen LogP contribution in [0.25, 0.3) is 0 Å². The number of nitrogens with one attached hydrogen (secondary N) is 2. The second kappa shape index (κ2) is 5.58. The maximum Gasteiger partial charge on any atom is 0.414 e. The average molecular weight is 274 g/mol. The van der Waals surface area contributed by atoms with E-state index in [0.29, 0.717) is 6.54 Å². The van der Waals surface area contributed by atoms with Crippen LogP contribution in [-0.4, -0.2) is 25.2 Å². The number of alkyl halides is 3. The van der Waals surface area contributed by atoms with Crippen LogP contribution < -0.4 is 10.8 Å². The van der Waals surface area contributed by atoms with Crippen LogP contribution >= 0.6 is 0 Å². The minimum atomic E-state index is -4.47. The first kappa shape index (κ1) is 13.8. The van der Waals surface area contributed by atoms with E-state index in [0.717, 1.165) is 17.5 Å². The largest absolute Gasteiger partial charge is 0.414 e. The van der Waals surface area contributed by atoms with Crippen LogP contribution in [0, 0.1) is 0 Å². The molecule has 1 aromatic carbocycles. The van der Waals surface area contributed by atoms with E-state index < -0.39 is 24.7 Å². The molecule has 1 amide bonds. The van der Waals surface area contributed by atoms with Gasteiger partial charge in [-0.1, -0.05) is 24.3 Å². The van der Waals surface area contributed by atoms with Gasteiger partial charge in [0.05, 0.1) is 0 Å². The molecule has 1 atom stereocenters. The van der Waals surface area contributed by atoms with Gasteiger partial charge in [-0.3, -0.25) is 9.63 Å². The minimum absolute atomic E-state index is 0.592. The van der Waals surface area contributed by atoms with E-state index in [9.17, 15) is 18.0 Å². The molecule has 1 unspecified atom stereocenters. The van der Waals surface area contributed by atoms with Crippen molar-refractivity contribution in [1.29, 1.82) is 0 Å². The van der Waals surface area contributed by atoms with E-state index in [4.69, 9.17) is 0 Å². The van der Waals surface area contributed by atoms with Gasteiger partial charge in [0.25, 0.3) is 5.91 Å². The number of hydroxylamine groups is 1. The van der Waals surface area contributed by atoms with Crippen molar-refractivity contribution in [3.8, 4) is 0 Å². The Morgan fingerprint density at radius 2 is 2.16 bits per heavy atom. The van der Waals surface area contributed by atoms with Gasteiger partial charge in [-0.2, -0.15) is 13.2 Å². The summed E-state index contributed by atoms with van der Waals surface area (Å²) in [6, 6.07) is 6.63. The Morgan fingerprint density at radius 1 is 1.42 bits per heavy atom. The van der Waals surface area contributed by atoms with E-state index >= 15 is 0 Å². The summed E-state index contributed by atoms with van der Waals surface area (Å²) < 4.78 is 35.7. The second-order valence-corrected chi connectivity index (χ2v) is 4.21. The molecule has 19 heavy (non-hydrogen) atoms. The zero-order valence-electron chi connectivity index (χ0n) is 9.96. The first-order chi connectivity index (χ1) is 8.97. The molecule has 0 fully saturated rings. The topological polar surface area (TPSA) is 50.4 Å². The van der Waals surface area contributed by atoms with Crippen LogP contribution in [0.4, 0.5) is 13.2 Å². The predicted molar refractivity (Wildman–Crippen MR) is 61.0 cm³/mol. The second-order valence-electron chi connectivity index (χ2n) is 4.21. The minimum Gasteiger partial charge on any atom is -0.302 e. The maximum absolute atomic E-state index is 11.9. The zero-order valence-corrected chi connectivity index (χ0v) is 9.96. The number of amides is 1. The predicted octanol–water partition coefficient (Wildman–Crippen LogP) is 1.48. The zero-order chi connectivity index (χ0) is 13.9. The molecule has 1 aliphatic heterocycles. The van der Waals surface area contributed by atoms with Crippen LogP contribution in [0.2, 0.25) is 0 Å². The molecule has 1 heterocycles. The Morgan fingerprint density at radius 3 is 2.89 bits per heavy atom. The number of benzene rings is 1. The molecule has 1 aliphatic rings. The van der Waals surface area contributed by atoms with Crippen LogP contribution in [0.15, 0.2) is 24.3 Å². The summed E-state index contributed by atoms with van der Waals surface area (Å²) in [5.41, 5.74) is 3.61. The average Bonchev–Trinajstić information content (AvgIpc) is 2.36. The third-order valence-electron chi connectivity index (χ3n) is 2.78. The molecule has 104 valence electrons. The maximum atomic E-state index is 11.9. The molecule has 7 heteroatoms. The smallest absolute Gasteiger partial charge is 0.302 e. The first-order valence-electron chi connectivity index (χ1n) is 5.77. The van der Waals surface area contributed by atoms with Crippen molar-refractivity contribution in [2.45, 2.75) is 18.6 Å². The summed E-state index contributed by atoms with van der Waals surface area (Å²) in [6.45, 7) is -0.915. The molecule has 2 rings (SSSR count). The Balaban J connectivity index is 1.97. The lowest BCUT2D eigenvalue weighted by molar-refractivity contribution is -0.192. The van der Waals surface area contributed by atoms with E-state index in [1.54, 1.807) is 12.1 Å². The molecular formula is C12H13F3N2O2. The number of halogens is 3. The number of rotatable bonds is 3. The summed E-state index contributed by atoms with van der Waals surface area (Å²) in [4.78, 5) is 15.9. The number of hydrogen-bond acceptors (Lipinski definition) is 3. The number of hydrogen-bond donors (Lipinski definition) is 2. The molecule has 0 radical (unpaired) electrons. The molecule has 4 nitrogen and oxygen atoms in total. The van der Waals surface area contributed by atoms with Crippen LogP contribution in [0.1, 0.15) is 17.2 Å². The van der Waals surface area contributed by atoms with Crippen molar-refractivity contribution in [2.24, 2.45) is 0 Å². The first-order valence-corrected chi connectivity index (χ1v) is 5.77. The van der Waals surface area contributed by atoms with Crippen molar-refractivity contribution < 1.29 is 22.8 Å². The quantitative estimate of drug-likeness (QED) is 0.821. The fraction of sp³-hybridized carbons (Fsp3) is 0.417. The van der Waals surface area contributed by atoms with Crippen LogP contribution in [0.5, 0.6) is 0 Å². The van der Waals surface area contributed by atoms with Gasteiger partial charge in [-0.15, -0.1) is 0 Å². The summed E-state index contributed by atoms with van der Waals surface area (Å²) >= 11 is 0. The van der Waals surface area contributed by atoms with Gasteiger partial charge in [-0.05, 0) is 17.5 Å². The lowest BCUT2D eigenvalue weighted by atomic mass is 9.94. The van der Waals surface area contributed by atoms with E-state index in [-0.39, 0.29) is 0 Å². The summed E-state index contributed by atoms with van der Waals surface area (Å²) in [5.74, 6) is -0.628. The van der Waals surface area contributed by atoms with Gasteiger partial charge in [0, 0.05) is 6.54 Å². The summed E-state index contributed by atoms with van der Waals surface area (Å²) in [5, 5.41) is 2.95. The highest BCUT2D eigenvalue weighted by atomic mass is 19.4. The Hall–Kier alpha value is -1.60. The van der Waals surface area contributed by atoms with Gasteiger partial charge in [0.1, 0.15) is 6.04 Å². The Kier molecular flexibility index (Phi) is 4.06. The van der Waals surface area contributed by atoms with Gasteiger partial charge >= 0.3 is 6.18 Å². The van der Waals surface area contributed by atoms with Gasteiger partial charge in [0.15, 0.2) is 6.61 Å². The highest BCUT2D eigenvalue weighted by Crippen LogP contribution is 2.22. The highest BCUT2D eigenvalue weighted by molar-refractivity contribution is 5.83. The van der Waals surface area contributed by atoms with Crippen molar-refractivity contribution >= 4 is 5.91 Å². The highest BCUT2D eigenvalue weighted by Gasteiger charge is 2.30. The SMILES string of the molecule is O=C(NOCC(F)(F)F)C1NCCc2ccccc21. The number of carbonyl (C=O) groups excluding carboxylic acids is 1. The lowest BCUT2D eigenvalue weighted by Crippen LogP contribution is -2.42. The molecule has 0 bridgehead atoms. The van der Waals surface area contributed by atoms with Crippen molar-refractivity contribution in [3.05, 3.63) is 35.4 Å². The third kappa shape index (κ3) is 3.68. The summed E-state index contributed by atoms with van der Waals surface area (Å²) in [6.07, 6.45) is -3.69. The van der Waals surface area contributed by atoms with Crippen molar-refractivity contribution in [3.63, 3.8) is 0 Å². The van der Waals surface area contributed by atoms with Crippen molar-refractivity contribution in [1.82, 2.24) is 10.8 Å². The van der Waals surface area contributed by atoms with E-state index in [1.165, 1.54) is 0 Å². The molecule has 2 N–H and O–H groups in total. The third-order valence-corrected chi connectivity index (χ3v) is 2.78. The van der Waals surface area contributed by atoms with Gasteiger partial charge < -0.3 is 5.32 Å². The molecule has 0 saturated heterocycles. The summed E-state index contributed by atoms with van der Waals surface area (Å²) in [7, 11) is 0. The van der Waals surface area contributed by atoms with Crippen LogP contribution in [-0.2, 0) is 16.1 Å². The van der Waals surface area contributed by atoms with E-state index in [1.807, 2.05) is 17.6 Å². The fourth-order valence-corrected chi connectivity index (χ4v) is 1.99. The van der Waals surface area contributed by atoms with E-state index in [2.05, 4.69) is 10.2 Å². The standard InChI is InChI=1S/C12H13F3N2O2/c13-12(14,15)7-19-17-11(18)10-9-4-2-1-3-8(9)5-6-16-10/h1-4,10,16H,5-7H2,(H,17,18). The lowest BCUT2D eigenvalue weighted by Gasteiger charge is -2.25. The molecular weight excluding hydrogens is 261 g/mol. The monoisotopic (exact) mass is 274 g/mol. The number of fused-ring (bicyclic) bond motifs is 1. The number of carbonyl (C=O) groups is 1. The fourth-order valence-electron chi connectivity index (χ4n) is 1.99. The molecule has 0 aliphatic carbocycles. The molecule has 0 spiro atoms. The Bertz CT molecular complexity index is 463. The Labute approximate surface area is 107 Å². The van der Waals surface area contributed by atoms with Crippen molar-refractivity contribution in [2.75, 3.05) is 13.2 Å². The normalized spacial score (nSPS) is 18.8. The van der Waals surface area contributed by atoms with Crippen LogP contribution in [0.3, 0.4) is 0 Å². The molecule has 0 aromatic heterocycles. The molecule has 0 saturated carbocycles. The van der Waals surface area contributed by atoms with Gasteiger partial charge in [0.2, 0.25) is 0 Å². The molecule has 1 aromatic rings. The van der Waals surface area contributed by atoms with Gasteiger partial charge in [-0.25, -0.2) is 5.48 Å².